The number of hydrogen-bond donors (Lipinski definition) is 2. The fourth-order valence-corrected chi connectivity index (χ4v) is 3.14. The number of carbonyl (C=O) groups is 1. The summed E-state index contributed by atoms with van der Waals surface area (Å²) in [6.45, 7) is 2.60. The molecule has 0 spiro atoms. The third-order valence-corrected chi connectivity index (χ3v) is 4.71. The van der Waals surface area contributed by atoms with E-state index in [0.29, 0.717) is 18.2 Å². The van der Waals surface area contributed by atoms with E-state index in [-0.39, 0.29) is 17.3 Å². The molecule has 4 nitrogen and oxygen atoms in total. The lowest BCUT2D eigenvalue weighted by Gasteiger charge is -2.34. The van der Waals surface area contributed by atoms with Crippen LogP contribution in [0.25, 0.3) is 0 Å². The Morgan fingerprint density at radius 2 is 1.86 bits per heavy atom. The highest BCUT2D eigenvalue weighted by molar-refractivity contribution is 5.98. The minimum atomic E-state index is -0.244. The maximum atomic E-state index is 12.2. The van der Waals surface area contributed by atoms with Gasteiger partial charge < -0.3 is 10.2 Å². The second kappa shape index (κ2) is 6.94. The smallest absolute Gasteiger partial charge is 0.176 e. The third-order valence-electron chi connectivity index (χ3n) is 4.71. The molecule has 0 saturated heterocycles. The van der Waals surface area contributed by atoms with Gasteiger partial charge in [0, 0.05) is 11.6 Å². The summed E-state index contributed by atoms with van der Waals surface area (Å²) in [5.41, 5.74) is 0.444. The van der Waals surface area contributed by atoms with Gasteiger partial charge in [0.05, 0.1) is 6.54 Å². The van der Waals surface area contributed by atoms with Crippen LogP contribution in [0.4, 0.5) is 0 Å². The second-order valence-corrected chi connectivity index (χ2v) is 6.12. The van der Waals surface area contributed by atoms with Gasteiger partial charge in [0.2, 0.25) is 0 Å². The molecule has 0 aliphatic heterocycles. The van der Waals surface area contributed by atoms with Crippen LogP contribution in [0, 0.1) is 5.92 Å². The van der Waals surface area contributed by atoms with Crippen molar-refractivity contribution in [1.82, 2.24) is 4.90 Å². The van der Waals surface area contributed by atoms with Crippen LogP contribution in [0.15, 0.2) is 18.2 Å². The first-order valence-electron chi connectivity index (χ1n) is 7.76. The van der Waals surface area contributed by atoms with Gasteiger partial charge in [-0.25, -0.2) is 0 Å². The molecule has 1 fully saturated rings. The minimum absolute atomic E-state index is 0.0228. The van der Waals surface area contributed by atoms with Crippen LogP contribution >= 0.6 is 0 Å². The van der Waals surface area contributed by atoms with Gasteiger partial charge in [0.15, 0.2) is 17.3 Å². The average Bonchev–Trinajstić information content (AvgIpc) is 2.50. The summed E-state index contributed by atoms with van der Waals surface area (Å²) in [7, 11) is 2.00. The Morgan fingerprint density at radius 3 is 2.43 bits per heavy atom. The van der Waals surface area contributed by atoms with Gasteiger partial charge in [-0.1, -0.05) is 13.3 Å². The normalized spacial score (nSPS) is 22.4. The molecule has 0 amide bonds. The topological polar surface area (TPSA) is 60.8 Å². The average molecular weight is 291 g/mol. The van der Waals surface area contributed by atoms with Crippen LogP contribution in [0.2, 0.25) is 0 Å². The van der Waals surface area contributed by atoms with E-state index in [0.717, 1.165) is 18.8 Å². The van der Waals surface area contributed by atoms with Gasteiger partial charge in [0.25, 0.3) is 0 Å². The highest BCUT2D eigenvalue weighted by Gasteiger charge is 2.24. The van der Waals surface area contributed by atoms with Crippen molar-refractivity contribution in [2.24, 2.45) is 5.92 Å². The molecule has 0 radical (unpaired) electrons. The van der Waals surface area contributed by atoms with Crippen LogP contribution in [0.3, 0.4) is 0 Å². The molecule has 2 N–H and O–H groups in total. The molecule has 1 aromatic carbocycles. The van der Waals surface area contributed by atoms with E-state index in [9.17, 15) is 15.0 Å². The van der Waals surface area contributed by atoms with E-state index in [1.54, 1.807) is 6.07 Å². The van der Waals surface area contributed by atoms with E-state index in [1.165, 1.54) is 31.4 Å². The lowest BCUT2D eigenvalue weighted by atomic mass is 9.84. The van der Waals surface area contributed by atoms with Crippen molar-refractivity contribution < 1.29 is 15.0 Å². The third kappa shape index (κ3) is 3.97. The van der Waals surface area contributed by atoms with Gasteiger partial charge in [-0.05, 0) is 56.8 Å². The zero-order chi connectivity index (χ0) is 15.4. The Hall–Kier alpha value is -1.55. The molecule has 2 rings (SSSR count). The number of aromatic hydroxyl groups is 2. The van der Waals surface area contributed by atoms with Crippen LogP contribution in [0.1, 0.15) is 49.4 Å². The van der Waals surface area contributed by atoms with Crippen molar-refractivity contribution in [2.75, 3.05) is 13.6 Å². The molecule has 0 aromatic heterocycles. The number of likely N-dealkylation sites (N-methyl/N-ethyl adjacent to an activating group) is 1. The number of hydrogen-bond acceptors (Lipinski definition) is 4. The summed E-state index contributed by atoms with van der Waals surface area (Å²) in [6, 6.07) is 4.72. The summed E-state index contributed by atoms with van der Waals surface area (Å²) in [6.07, 6.45) is 6.06. The van der Waals surface area contributed by atoms with Crippen molar-refractivity contribution >= 4 is 5.78 Å². The van der Waals surface area contributed by atoms with E-state index in [2.05, 4.69) is 11.8 Å². The molecule has 0 bridgehead atoms. The van der Waals surface area contributed by atoms with Crippen molar-refractivity contribution in [1.29, 1.82) is 0 Å². The van der Waals surface area contributed by atoms with Gasteiger partial charge in [-0.2, -0.15) is 0 Å². The van der Waals surface area contributed by atoms with Crippen LogP contribution in [0.5, 0.6) is 11.5 Å². The number of nitrogens with zero attached hydrogens (tertiary/aromatic N) is 1. The zero-order valence-electron chi connectivity index (χ0n) is 12.9. The predicted octanol–water partition coefficient (Wildman–Crippen LogP) is 3.18. The minimum Gasteiger partial charge on any atom is -0.504 e. The molecule has 4 heteroatoms. The number of Topliss-reactive ketones (excluding diaryl/α,β-unsaturated/α-hetero) is 1. The van der Waals surface area contributed by atoms with E-state index in [4.69, 9.17) is 0 Å². The van der Waals surface area contributed by atoms with Crippen molar-refractivity contribution in [3.8, 4) is 11.5 Å². The van der Waals surface area contributed by atoms with Crippen molar-refractivity contribution in [2.45, 2.75) is 45.1 Å². The first kappa shape index (κ1) is 15.8. The number of rotatable bonds is 5. The quantitative estimate of drug-likeness (QED) is 0.646. The maximum absolute atomic E-state index is 12.2. The molecule has 1 aliphatic rings. The lowest BCUT2D eigenvalue weighted by Crippen LogP contribution is -2.38. The lowest BCUT2D eigenvalue weighted by molar-refractivity contribution is 0.0884. The summed E-state index contributed by atoms with van der Waals surface area (Å²) < 4.78 is 0. The van der Waals surface area contributed by atoms with Crippen LogP contribution < -0.4 is 0 Å². The van der Waals surface area contributed by atoms with E-state index >= 15 is 0 Å². The number of carbonyl (C=O) groups excluding carboxylic acids is 1. The van der Waals surface area contributed by atoms with Gasteiger partial charge in [0.1, 0.15) is 0 Å². The second-order valence-electron chi connectivity index (χ2n) is 6.12. The molecule has 0 atom stereocenters. The molecule has 21 heavy (non-hydrogen) atoms. The molecule has 1 saturated carbocycles. The van der Waals surface area contributed by atoms with Crippen molar-refractivity contribution in [3.63, 3.8) is 0 Å². The summed E-state index contributed by atoms with van der Waals surface area (Å²) in [5.74, 6) is 0.384. The first-order valence-corrected chi connectivity index (χ1v) is 7.76. The molecular weight excluding hydrogens is 266 g/mol. The van der Waals surface area contributed by atoms with Gasteiger partial charge >= 0.3 is 0 Å². The Labute approximate surface area is 126 Å². The number of ketones is 1. The summed E-state index contributed by atoms with van der Waals surface area (Å²) in [5, 5.41) is 18.8. The standard InChI is InChI=1S/C17H25NO3/c1-3-12-4-7-14(8-5-12)18(2)11-17(21)13-6-9-15(19)16(20)10-13/h6,9-10,12,14,19-20H,3-5,7-8,11H2,1-2H3. The number of phenols is 2. The van der Waals surface area contributed by atoms with Gasteiger partial charge in [-0.15, -0.1) is 0 Å². The fraction of sp³-hybridized carbons (Fsp3) is 0.588. The maximum Gasteiger partial charge on any atom is 0.176 e. The molecule has 0 unspecified atom stereocenters. The Kier molecular flexibility index (Phi) is 5.23. The molecule has 0 heterocycles. The van der Waals surface area contributed by atoms with Crippen LogP contribution in [-0.2, 0) is 0 Å². The molecule has 116 valence electrons. The van der Waals surface area contributed by atoms with Crippen molar-refractivity contribution in [3.05, 3.63) is 23.8 Å². The Morgan fingerprint density at radius 1 is 1.19 bits per heavy atom. The first-order chi connectivity index (χ1) is 10.0. The van der Waals surface area contributed by atoms with E-state index < -0.39 is 0 Å². The SMILES string of the molecule is CCC1CCC(N(C)CC(=O)c2ccc(O)c(O)c2)CC1. The molecule has 1 aliphatic carbocycles. The highest BCUT2D eigenvalue weighted by atomic mass is 16.3. The number of phenolic OH excluding ortho intramolecular Hbond substituents is 2. The number of benzene rings is 1. The molecular formula is C17H25NO3. The zero-order valence-corrected chi connectivity index (χ0v) is 12.9. The summed E-state index contributed by atoms with van der Waals surface area (Å²) in [4.78, 5) is 14.4. The van der Waals surface area contributed by atoms with Gasteiger partial charge in [-0.3, -0.25) is 9.69 Å². The predicted molar refractivity (Wildman–Crippen MR) is 82.8 cm³/mol. The summed E-state index contributed by atoms with van der Waals surface area (Å²) >= 11 is 0. The Bertz CT molecular complexity index is 493. The fourth-order valence-electron chi connectivity index (χ4n) is 3.14. The largest absolute Gasteiger partial charge is 0.504 e. The highest BCUT2D eigenvalue weighted by Crippen LogP contribution is 2.29. The van der Waals surface area contributed by atoms with E-state index in [1.807, 2.05) is 7.05 Å². The monoisotopic (exact) mass is 291 g/mol. The Balaban J connectivity index is 1.91. The van der Waals surface area contributed by atoms with Crippen LogP contribution in [-0.4, -0.2) is 40.5 Å². The molecule has 1 aromatic rings.